The van der Waals surface area contributed by atoms with Gasteiger partial charge in [-0.25, -0.2) is 5.84 Å². The molecule has 2 aromatic carbocycles. The minimum Gasteiger partial charge on any atom is -0.397 e. The molecule has 1 aliphatic rings. The van der Waals surface area contributed by atoms with Crippen molar-refractivity contribution in [3.63, 3.8) is 0 Å². The molecule has 1 heterocycles. The number of nitrogens with zero attached hydrogens (tertiary/aromatic N) is 1. The highest BCUT2D eigenvalue weighted by atomic mass is 16.1. The van der Waals surface area contributed by atoms with Crippen LogP contribution in [0.25, 0.3) is 5.70 Å². The summed E-state index contributed by atoms with van der Waals surface area (Å²) in [6.07, 6.45) is 2.06. The first-order valence-electron chi connectivity index (χ1n) is 6.63. The smallest absolute Gasteiger partial charge is 0.228 e. The monoisotopic (exact) mass is 280 g/mol. The molecule has 5 heteroatoms. The zero-order valence-electron chi connectivity index (χ0n) is 11.4. The molecule has 0 fully saturated rings. The van der Waals surface area contributed by atoms with Crippen LogP contribution in [0.15, 0.2) is 54.7 Å². The molecule has 0 bridgehead atoms. The number of hydrogen-bond donors (Lipinski definition) is 3. The van der Waals surface area contributed by atoms with E-state index >= 15 is 0 Å². The SMILES string of the molecule is N/C(=C\N(N)c1ccccc1)c1ccc2c(c1)CC(=O)N2. The predicted molar refractivity (Wildman–Crippen MR) is 84.0 cm³/mol. The minimum atomic E-state index is 0.00874. The fraction of sp³-hybridized carbons (Fsp3) is 0.0625. The molecule has 0 spiro atoms. The second-order valence-corrected chi connectivity index (χ2v) is 4.92. The van der Waals surface area contributed by atoms with Crippen molar-refractivity contribution in [1.29, 1.82) is 0 Å². The summed E-state index contributed by atoms with van der Waals surface area (Å²) >= 11 is 0. The Balaban J connectivity index is 1.85. The van der Waals surface area contributed by atoms with Gasteiger partial charge in [0.1, 0.15) is 0 Å². The van der Waals surface area contributed by atoms with E-state index in [9.17, 15) is 4.79 Å². The Morgan fingerprint density at radius 1 is 1.19 bits per heavy atom. The highest BCUT2D eigenvalue weighted by Crippen LogP contribution is 2.25. The summed E-state index contributed by atoms with van der Waals surface area (Å²) in [5.74, 6) is 5.99. The van der Waals surface area contributed by atoms with Gasteiger partial charge < -0.3 is 11.1 Å². The third-order valence-corrected chi connectivity index (χ3v) is 3.40. The van der Waals surface area contributed by atoms with Crippen molar-refractivity contribution in [1.82, 2.24) is 0 Å². The van der Waals surface area contributed by atoms with E-state index in [1.165, 1.54) is 5.01 Å². The Kier molecular flexibility index (Phi) is 3.33. The Morgan fingerprint density at radius 2 is 1.95 bits per heavy atom. The molecule has 3 rings (SSSR count). The summed E-state index contributed by atoms with van der Waals surface area (Å²) in [6.45, 7) is 0. The number of carbonyl (C=O) groups is 1. The molecule has 1 amide bonds. The second-order valence-electron chi connectivity index (χ2n) is 4.92. The number of nitrogens with two attached hydrogens (primary N) is 2. The Bertz CT molecular complexity index is 709. The fourth-order valence-electron chi connectivity index (χ4n) is 2.31. The van der Waals surface area contributed by atoms with Crippen molar-refractivity contribution in [2.75, 3.05) is 10.3 Å². The Labute approximate surface area is 122 Å². The van der Waals surface area contributed by atoms with Crippen molar-refractivity contribution in [3.05, 3.63) is 65.9 Å². The van der Waals surface area contributed by atoms with E-state index in [-0.39, 0.29) is 5.91 Å². The zero-order valence-corrected chi connectivity index (χ0v) is 11.4. The van der Waals surface area contributed by atoms with Gasteiger partial charge in [0.15, 0.2) is 0 Å². The lowest BCUT2D eigenvalue weighted by molar-refractivity contribution is -0.115. The Hall–Kier alpha value is -2.79. The molecular weight excluding hydrogens is 264 g/mol. The minimum absolute atomic E-state index is 0.00874. The number of para-hydroxylation sites is 1. The van der Waals surface area contributed by atoms with Crippen LogP contribution in [0.4, 0.5) is 11.4 Å². The van der Waals surface area contributed by atoms with Crippen molar-refractivity contribution >= 4 is 23.0 Å². The van der Waals surface area contributed by atoms with E-state index in [1.807, 2.05) is 48.5 Å². The van der Waals surface area contributed by atoms with Gasteiger partial charge in [0, 0.05) is 11.9 Å². The van der Waals surface area contributed by atoms with Crippen LogP contribution in [-0.2, 0) is 11.2 Å². The second kappa shape index (κ2) is 5.30. The molecule has 106 valence electrons. The van der Waals surface area contributed by atoms with Gasteiger partial charge >= 0.3 is 0 Å². The zero-order chi connectivity index (χ0) is 14.8. The standard InChI is InChI=1S/C16H16N4O/c17-14(10-20(18)13-4-2-1-3-5-13)11-6-7-15-12(8-11)9-16(21)19-15/h1-8,10H,9,17-18H2,(H,19,21)/b14-10-. The molecule has 0 radical (unpaired) electrons. The van der Waals surface area contributed by atoms with Gasteiger partial charge in [0.05, 0.1) is 17.8 Å². The van der Waals surface area contributed by atoms with Crippen LogP contribution in [0, 0.1) is 0 Å². The van der Waals surface area contributed by atoms with Crippen molar-refractivity contribution in [2.45, 2.75) is 6.42 Å². The summed E-state index contributed by atoms with van der Waals surface area (Å²) in [6, 6.07) is 15.2. The normalized spacial score (nSPS) is 13.8. The topological polar surface area (TPSA) is 84.4 Å². The van der Waals surface area contributed by atoms with Crippen LogP contribution in [0.3, 0.4) is 0 Å². The molecule has 0 saturated heterocycles. The molecule has 0 atom stereocenters. The van der Waals surface area contributed by atoms with Gasteiger partial charge in [-0.05, 0) is 35.4 Å². The van der Waals surface area contributed by atoms with Crippen molar-refractivity contribution in [2.24, 2.45) is 11.6 Å². The number of rotatable bonds is 3. The summed E-state index contributed by atoms with van der Waals surface area (Å²) in [4.78, 5) is 11.4. The fourth-order valence-corrected chi connectivity index (χ4v) is 2.31. The van der Waals surface area contributed by atoms with Crippen LogP contribution in [-0.4, -0.2) is 5.91 Å². The van der Waals surface area contributed by atoms with Gasteiger partial charge in [-0.3, -0.25) is 9.80 Å². The van der Waals surface area contributed by atoms with Crippen LogP contribution >= 0.6 is 0 Å². The van der Waals surface area contributed by atoms with E-state index in [1.54, 1.807) is 6.20 Å². The average molecular weight is 280 g/mol. The van der Waals surface area contributed by atoms with Crippen LogP contribution < -0.4 is 21.9 Å². The van der Waals surface area contributed by atoms with Crippen molar-refractivity contribution < 1.29 is 4.79 Å². The van der Waals surface area contributed by atoms with Crippen LogP contribution in [0.5, 0.6) is 0 Å². The molecule has 2 aromatic rings. The Morgan fingerprint density at radius 3 is 2.71 bits per heavy atom. The maximum atomic E-state index is 11.4. The quantitative estimate of drug-likeness (QED) is 0.591. The van der Waals surface area contributed by atoms with Gasteiger partial charge in [-0.1, -0.05) is 24.3 Å². The first-order valence-corrected chi connectivity index (χ1v) is 6.63. The number of fused-ring (bicyclic) bond motifs is 1. The number of hydrogen-bond acceptors (Lipinski definition) is 4. The number of amides is 1. The van der Waals surface area contributed by atoms with E-state index in [0.29, 0.717) is 12.1 Å². The van der Waals surface area contributed by atoms with Gasteiger partial charge in [0.25, 0.3) is 0 Å². The molecule has 5 nitrogen and oxygen atoms in total. The number of anilines is 2. The summed E-state index contributed by atoms with van der Waals surface area (Å²) in [5, 5.41) is 4.27. The average Bonchev–Trinajstić information content (AvgIpc) is 2.87. The third kappa shape index (κ3) is 2.73. The maximum Gasteiger partial charge on any atom is 0.228 e. The highest BCUT2D eigenvalue weighted by molar-refractivity contribution is 5.99. The lowest BCUT2D eigenvalue weighted by Crippen LogP contribution is -2.25. The summed E-state index contributed by atoms with van der Waals surface area (Å²) in [5.41, 5.74) is 10.1. The van der Waals surface area contributed by atoms with E-state index in [0.717, 1.165) is 22.5 Å². The van der Waals surface area contributed by atoms with E-state index < -0.39 is 0 Å². The third-order valence-electron chi connectivity index (χ3n) is 3.40. The molecule has 0 unspecified atom stereocenters. The number of nitrogens with one attached hydrogen (secondary N) is 1. The number of carbonyl (C=O) groups excluding carboxylic acids is 1. The first-order chi connectivity index (χ1) is 10.1. The lowest BCUT2D eigenvalue weighted by Gasteiger charge is -2.15. The molecule has 0 aromatic heterocycles. The molecular formula is C16H16N4O. The first kappa shape index (κ1) is 13.2. The van der Waals surface area contributed by atoms with Crippen molar-refractivity contribution in [3.8, 4) is 0 Å². The molecule has 0 saturated carbocycles. The van der Waals surface area contributed by atoms with Crippen LogP contribution in [0.2, 0.25) is 0 Å². The lowest BCUT2D eigenvalue weighted by atomic mass is 10.1. The van der Waals surface area contributed by atoms with Gasteiger partial charge in [-0.15, -0.1) is 0 Å². The largest absolute Gasteiger partial charge is 0.397 e. The summed E-state index contributed by atoms with van der Waals surface area (Å²) < 4.78 is 0. The van der Waals surface area contributed by atoms with E-state index in [4.69, 9.17) is 11.6 Å². The van der Waals surface area contributed by atoms with Crippen LogP contribution in [0.1, 0.15) is 11.1 Å². The van der Waals surface area contributed by atoms with Gasteiger partial charge in [-0.2, -0.15) is 0 Å². The maximum absolute atomic E-state index is 11.4. The summed E-state index contributed by atoms with van der Waals surface area (Å²) in [7, 11) is 0. The molecule has 21 heavy (non-hydrogen) atoms. The number of benzene rings is 2. The van der Waals surface area contributed by atoms with Gasteiger partial charge in [0.2, 0.25) is 5.91 Å². The predicted octanol–water partition coefficient (Wildman–Crippen LogP) is 1.82. The molecule has 0 aliphatic carbocycles. The number of hydrazine groups is 1. The highest BCUT2D eigenvalue weighted by Gasteiger charge is 2.17. The van der Waals surface area contributed by atoms with E-state index in [2.05, 4.69) is 5.32 Å². The molecule has 5 N–H and O–H groups in total. The molecule has 1 aliphatic heterocycles.